The fourth-order valence-corrected chi connectivity index (χ4v) is 3.70. The predicted octanol–water partition coefficient (Wildman–Crippen LogP) is 4.03. The van der Waals surface area contributed by atoms with Crippen LogP contribution in [0.25, 0.3) is 11.5 Å². The Morgan fingerprint density at radius 2 is 1.64 bits per heavy atom. The highest BCUT2D eigenvalue weighted by Crippen LogP contribution is 2.34. The molecule has 3 rings (SSSR count). The molecule has 0 fully saturated rings. The van der Waals surface area contributed by atoms with E-state index >= 15 is 0 Å². The van der Waals surface area contributed by atoms with Gasteiger partial charge >= 0.3 is 0 Å². The first-order valence-electron chi connectivity index (χ1n) is 7.24. The van der Waals surface area contributed by atoms with Gasteiger partial charge in [0.2, 0.25) is 26.6 Å². The van der Waals surface area contributed by atoms with Crippen molar-refractivity contribution < 1.29 is 17.2 Å². The van der Waals surface area contributed by atoms with Gasteiger partial charge in [0.1, 0.15) is 5.82 Å². The summed E-state index contributed by atoms with van der Waals surface area (Å²) in [5.41, 5.74) is 0.591. The van der Waals surface area contributed by atoms with Crippen LogP contribution in [-0.2, 0) is 9.84 Å². The van der Waals surface area contributed by atoms with E-state index in [1.807, 2.05) is 0 Å². The van der Waals surface area contributed by atoms with E-state index in [1.54, 1.807) is 38.4 Å². The molecule has 0 bridgehead atoms. The van der Waals surface area contributed by atoms with Crippen molar-refractivity contribution in [1.82, 2.24) is 4.98 Å². The first-order chi connectivity index (χ1) is 11.8. The molecule has 0 aliphatic rings. The minimum absolute atomic E-state index is 0.0621. The number of anilines is 1. The van der Waals surface area contributed by atoms with E-state index in [4.69, 9.17) is 16.0 Å². The molecule has 0 saturated heterocycles. The first kappa shape index (κ1) is 17.4. The van der Waals surface area contributed by atoms with Crippen LogP contribution in [0.4, 0.5) is 10.3 Å². The third-order valence-electron chi connectivity index (χ3n) is 3.46. The van der Waals surface area contributed by atoms with Crippen LogP contribution in [0, 0.1) is 5.82 Å². The lowest BCUT2D eigenvalue weighted by Crippen LogP contribution is -2.13. The zero-order valence-electron chi connectivity index (χ0n) is 13.4. The van der Waals surface area contributed by atoms with E-state index in [1.165, 1.54) is 17.0 Å². The molecule has 0 N–H and O–H groups in total. The SMILES string of the molecule is CN(C)c1oc(-c2ccc(Cl)cc2)nc1S(=O)(=O)c1ccc(F)cc1. The van der Waals surface area contributed by atoms with Crippen LogP contribution >= 0.6 is 11.6 Å². The Morgan fingerprint density at radius 1 is 1.04 bits per heavy atom. The molecule has 130 valence electrons. The summed E-state index contributed by atoms with van der Waals surface area (Å²) in [4.78, 5) is 5.62. The monoisotopic (exact) mass is 380 g/mol. The van der Waals surface area contributed by atoms with Crippen molar-refractivity contribution in [2.75, 3.05) is 19.0 Å². The maximum Gasteiger partial charge on any atom is 0.235 e. The molecule has 0 amide bonds. The minimum Gasteiger partial charge on any atom is -0.419 e. The van der Waals surface area contributed by atoms with Crippen LogP contribution in [0.2, 0.25) is 5.02 Å². The first-order valence-corrected chi connectivity index (χ1v) is 9.10. The van der Waals surface area contributed by atoms with Gasteiger partial charge in [0.15, 0.2) is 0 Å². The molecule has 0 radical (unpaired) electrons. The lowest BCUT2D eigenvalue weighted by atomic mass is 10.2. The standard InChI is InChI=1S/C17H14ClFN2O3S/c1-21(2)17-16(25(22,23)14-9-7-13(19)8-10-14)20-15(24-17)11-3-5-12(18)6-4-11/h3-10H,1-2H3. The van der Waals surface area contributed by atoms with Crippen LogP contribution in [0.1, 0.15) is 0 Å². The van der Waals surface area contributed by atoms with E-state index in [0.29, 0.717) is 10.6 Å². The molecule has 0 atom stereocenters. The Balaban J connectivity index is 2.14. The van der Waals surface area contributed by atoms with Crippen molar-refractivity contribution >= 4 is 27.3 Å². The summed E-state index contributed by atoms with van der Waals surface area (Å²) in [6.07, 6.45) is 0. The normalized spacial score (nSPS) is 11.5. The maximum absolute atomic E-state index is 13.1. The van der Waals surface area contributed by atoms with Crippen molar-refractivity contribution in [2.45, 2.75) is 9.92 Å². The van der Waals surface area contributed by atoms with Gasteiger partial charge in [0.25, 0.3) is 0 Å². The van der Waals surface area contributed by atoms with Crippen LogP contribution in [0.15, 0.2) is 62.9 Å². The number of sulfone groups is 1. The number of oxazole rings is 1. The topological polar surface area (TPSA) is 63.4 Å². The fraction of sp³-hybridized carbons (Fsp3) is 0.118. The number of hydrogen-bond donors (Lipinski definition) is 0. The molecule has 8 heteroatoms. The van der Waals surface area contributed by atoms with Crippen molar-refractivity contribution in [1.29, 1.82) is 0 Å². The number of hydrogen-bond acceptors (Lipinski definition) is 5. The summed E-state index contributed by atoms with van der Waals surface area (Å²) in [6.45, 7) is 0. The maximum atomic E-state index is 13.1. The van der Waals surface area contributed by atoms with Gasteiger partial charge in [-0.15, -0.1) is 0 Å². The Hall–Kier alpha value is -2.38. The van der Waals surface area contributed by atoms with Gasteiger partial charge in [0.05, 0.1) is 4.90 Å². The average Bonchev–Trinajstić information content (AvgIpc) is 3.02. The van der Waals surface area contributed by atoms with Crippen LogP contribution < -0.4 is 4.90 Å². The van der Waals surface area contributed by atoms with E-state index < -0.39 is 15.7 Å². The molecule has 0 spiro atoms. The van der Waals surface area contributed by atoms with Gasteiger partial charge in [0, 0.05) is 24.7 Å². The molecule has 5 nitrogen and oxygen atoms in total. The largest absolute Gasteiger partial charge is 0.419 e. The van der Waals surface area contributed by atoms with Crippen LogP contribution in [0.5, 0.6) is 0 Å². The Morgan fingerprint density at radius 3 is 2.20 bits per heavy atom. The Kier molecular flexibility index (Phi) is 4.53. The summed E-state index contributed by atoms with van der Waals surface area (Å²) in [6, 6.07) is 11.2. The van der Waals surface area contributed by atoms with E-state index in [9.17, 15) is 12.8 Å². The minimum atomic E-state index is -3.97. The molecule has 0 unspecified atom stereocenters. The molecule has 0 aliphatic carbocycles. The average molecular weight is 381 g/mol. The van der Waals surface area contributed by atoms with Gasteiger partial charge < -0.3 is 9.32 Å². The lowest BCUT2D eigenvalue weighted by molar-refractivity contribution is 0.564. The van der Waals surface area contributed by atoms with E-state index in [0.717, 1.165) is 12.1 Å². The number of halogens is 2. The molecule has 1 aromatic heterocycles. The summed E-state index contributed by atoms with van der Waals surface area (Å²) >= 11 is 5.87. The zero-order chi connectivity index (χ0) is 18.2. The molecule has 0 aliphatic heterocycles. The van der Waals surface area contributed by atoms with E-state index in [-0.39, 0.29) is 21.7 Å². The van der Waals surface area contributed by atoms with Gasteiger partial charge in [-0.05, 0) is 48.5 Å². The summed E-state index contributed by atoms with van der Waals surface area (Å²) < 4.78 is 44.5. The number of aromatic nitrogens is 1. The highest BCUT2D eigenvalue weighted by atomic mass is 35.5. The second kappa shape index (κ2) is 6.50. The summed E-state index contributed by atoms with van der Waals surface area (Å²) in [5.74, 6) is -0.274. The highest BCUT2D eigenvalue weighted by molar-refractivity contribution is 7.91. The van der Waals surface area contributed by atoms with E-state index in [2.05, 4.69) is 4.98 Å². The number of benzene rings is 2. The summed E-state index contributed by atoms with van der Waals surface area (Å²) in [7, 11) is -0.669. The predicted molar refractivity (Wildman–Crippen MR) is 93.1 cm³/mol. The molecular weight excluding hydrogens is 367 g/mol. The Bertz CT molecular complexity index is 997. The molecule has 0 saturated carbocycles. The van der Waals surface area contributed by atoms with Crippen molar-refractivity contribution in [2.24, 2.45) is 0 Å². The van der Waals surface area contributed by atoms with Crippen molar-refractivity contribution in [3.63, 3.8) is 0 Å². The molecule has 25 heavy (non-hydrogen) atoms. The third kappa shape index (κ3) is 3.38. The Labute approximate surface area is 149 Å². The summed E-state index contributed by atoms with van der Waals surface area (Å²) in [5, 5.41) is 0.316. The fourth-order valence-electron chi connectivity index (χ4n) is 2.20. The van der Waals surface area contributed by atoms with Crippen molar-refractivity contribution in [3.05, 3.63) is 59.4 Å². The molecule has 1 heterocycles. The molecular formula is C17H14ClFN2O3S. The second-order valence-corrected chi connectivity index (χ2v) is 7.79. The third-order valence-corrected chi connectivity index (χ3v) is 5.37. The molecule has 2 aromatic carbocycles. The van der Waals surface area contributed by atoms with Crippen LogP contribution in [0.3, 0.4) is 0 Å². The van der Waals surface area contributed by atoms with Crippen LogP contribution in [-0.4, -0.2) is 27.5 Å². The van der Waals surface area contributed by atoms with Gasteiger partial charge in [-0.1, -0.05) is 11.6 Å². The zero-order valence-corrected chi connectivity index (χ0v) is 15.0. The van der Waals surface area contributed by atoms with Gasteiger partial charge in [-0.25, -0.2) is 12.8 Å². The quantitative estimate of drug-likeness (QED) is 0.639. The highest BCUT2D eigenvalue weighted by Gasteiger charge is 2.29. The molecule has 3 aromatic rings. The second-order valence-electron chi connectivity index (χ2n) is 5.49. The lowest BCUT2D eigenvalue weighted by Gasteiger charge is -2.10. The smallest absolute Gasteiger partial charge is 0.235 e. The van der Waals surface area contributed by atoms with Crippen molar-refractivity contribution in [3.8, 4) is 11.5 Å². The number of rotatable bonds is 4. The van der Waals surface area contributed by atoms with Gasteiger partial charge in [-0.2, -0.15) is 4.98 Å². The number of nitrogens with zero attached hydrogens (tertiary/aromatic N) is 2. The van der Waals surface area contributed by atoms with Gasteiger partial charge in [-0.3, -0.25) is 0 Å².